The summed E-state index contributed by atoms with van der Waals surface area (Å²) in [6.45, 7) is 0. The Bertz CT molecular complexity index is 551. The van der Waals surface area contributed by atoms with Gasteiger partial charge in [-0.25, -0.2) is 5.43 Å². The zero-order valence-electron chi connectivity index (χ0n) is 9.54. The molecule has 0 amide bonds. The van der Waals surface area contributed by atoms with Crippen molar-refractivity contribution in [2.24, 2.45) is 5.84 Å². The van der Waals surface area contributed by atoms with Gasteiger partial charge in [0.1, 0.15) is 0 Å². The minimum absolute atomic E-state index is 0.421. The summed E-state index contributed by atoms with van der Waals surface area (Å²) in [6, 6.07) is 6.14. The second kappa shape index (κ2) is 5.50. The molecule has 1 aromatic carbocycles. The highest BCUT2D eigenvalue weighted by Crippen LogP contribution is 2.34. The van der Waals surface area contributed by atoms with Gasteiger partial charge in [0.2, 0.25) is 0 Å². The van der Waals surface area contributed by atoms with Gasteiger partial charge in [0.15, 0.2) is 0 Å². The molecule has 0 spiro atoms. The van der Waals surface area contributed by atoms with Gasteiger partial charge < -0.3 is 0 Å². The molecule has 7 heteroatoms. The third-order valence-corrected chi connectivity index (χ3v) is 4.07. The Hall–Kier alpha value is -1.08. The molecule has 1 atom stereocenters. The fourth-order valence-corrected chi connectivity index (χ4v) is 2.95. The van der Waals surface area contributed by atoms with Crippen LogP contribution in [-0.4, -0.2) is 0 Å². The quantitative estimate of drug-likeness (QED) is 0.665. The highest BCUT2D eigenvalue weighted by Gasteiger charge is 2.30. The molecule has 0 bridgehead atoms. The van der Waals surface area contributed by atoms with Gasteiger partial charge in [-0.15, -0.1) is 11.3 Å². The smallest absolute Gasteiger partial charge is 0.271 e. The number of alkyl halides is 3. The standard InChI is InChI=1S/C12H10ClF3N2S/c13-9-5-6-19-11(9)10(18-17)7-1-3-8(4-2-7)12(14,15)16/h1-6,10,18H,17H2. The van der Waals surface area contributed by atoms with Crippen LogP contribution in [0.5, 0.6) is 0 Å². The molecule has 1 heterocycles. The average molecular weight is 307 g/mol. The summed E-state index contributed by atoms with van der Waals surface area (Å²) in [4.78, 5) is 0.768. The van der Waals surface area contributed by atoms with Crippen LogP contribution >= 0.6 is 22.9 Å². The lowest BCUT2D eigenvalue weighted by Crippen LogP contribution is -2.28. The molecule has 0 fully saturated rings. The van der Waals surface area contributed by atoms with Crippen LogP contribution in [0.15, 0.2) is 35.7 Å². The van der Waals surface area contributed by atoms with Gasteiger partial charge in [0, 0.05) is 4.88 Å². The molecular weight excluding hydrogens is 297 g/mol. The first kappa shape index (κ1) is 14.3. The summed E-state index contributed by atoms with van der Waals surface area (Å²) >= 11 is 7.39. The normalized spacial score (nSPS) is 13.5. The van der Waals surface area contributed by atoms with E-state index in [9.17, 15) is 13.2 Å². The predicted molar refractivity (Wildman–Crippen MR) is 69.9 cm³/mol. The van der Waals surface area contributed by atoms with Crippen molar-refractivity contribution in [2.45, 2.75) is 12.2 Å². The maximum absolute atomic E-state index is 12.5. The Morgan fingerprint density at radius 1 is 1.16 bits per heavy atom. The molecule has 2 aromatic rings. The monoisotopic (exact) mass is 306 g/mol. The van der Waals surface area contributed by atoms with E-state index in [1.54, 1.807) is 11.4 Å². The van der Waals surface area contributed by atoms with Crippen LogP contribution in [0.3, 0.4) is 0 Å². The minimum Gasteiger partial charge on any atom is -0.271 e. The van der Waals surface area contributed by atoms with Gasteiger partial charge in [0.05, 0.1) is 16.6 Å². The molecule has 0 aliphatic carbocycles. The van der Waals surface area contributed by atoms with Gasteiger partial charge in [-0.1, -0.05) is 23.7 Å². The summed E-state index contributed by atoms with van der Waals surface area (Å²) in [5, 5.41) is 2.33. The lowest BCUT2D eigenvalue weighted by molar-refractivity contribution is -0.137. The van der Waals surface area contributed by atoms with Crippen molar-refractivity contribution in [1.82, 2.24) is 5.43 Å². The van der Waals surface area contributed by atoms with Crippen molar-refractivity contribution < 1.29 is 13.2 Å². The maximum Gasteiger partial charge on any atom is 0.416 e. The third-order valence-electron chi connectivity index (χ3n) is 2.64. The van der Waals surface area contributed by atoms with E-state index in [0.717, 1.165) is 17.0 Å². The van der Waals surface area contributed by atoms with E-state index in [0.29, 0.717) is 10.6 Å². The zero-order valence-corrected chi connectivity index (χ0v) is 11.1. The van der Waals surface area contributed by atoms with E-state index in [1.807, 2.05) is 0 Å². The van der Waals surface area contributed by atoms with Gasteiger partial charge in [-0.05, 0) is 29.1 Å². The highest BCUT2D eigenvalue weighted by molar-refractivity contribution is 7.10. The highest BCUT2D eigenvalue weighted by atomic mass is 35.5. The molecule has 0 saturated heterocycles. The molecule has 1 unspecified atom stereocenters. The Kier molecular flexibility index (Phi) is 4.15. The molecular formula is C12H10ClF3N2S. The second-order valence-corrected chi connectivity index (χ2v) is 5.21. The van der Waals surface area contributed by atoms with Crippen LogP contribution < -0.4 is 11.3 Å². The van der Waals surface area contributed by atoms with Crippen LogP contribution in [0.25, 0.3) is 0 Å². The molecule has 1 aromatic heterocycles. The van der Waals surface area contributed by atoms with Gasteiger partial charge in [-0.2, -0.15) is 13.2 Å². The first-order chi connectivity index (χ1) is 8.93. The van der Waals surface area contributed by atoms with E-state index in [1.165, 1.54) is 23.5 Å². The largest absolute Gasteiger partial charge is 0.416 e. The van der Waals surface area contributed by atoms with Crippen molar-refractivity contribution in [3.63, 3.8) is 0 Å². The second-order valence-electron chi connectivity index (χ2n) is 3.85. The van der Waals surface area contributed by atoms with Crippen molar-refractivity contribution in [2.75, 3.05) is 0 Å². The lowest BCUT2D eigenvalue weighted by atomic mass is 10.0. The SMILES string of the molecule is NNC(c1ccc(C(F)(F)F)cc1)c1sccc1Cl. The summed E-state index contributed by atoms with van der Waals surface area (Å²) < 4.78 is 37.4. The van der Waals surface area contributed by atoms with E-state index in [-0.39, 0.29) is 0 Å². The number of nitrogens with one attached hydrogen (secondary N) is 1. The van der Waals surface area contributed by atoms with Gasteiger partial charge in [-0.3, -0.25) is 5.84 Å². The molecule has 2 rings (SSSR count). The van der Waals surface area contributed by atoms with Gasteiger partial charge in [0.25, 0.3) is 0 Å². The van der Waals surface area contributed by atoms with Crippen molar-refractivity contribution in [3.8, 4) is 0 Å². The lowest BCUT2D eigenvalue weighted by Gasteiger charge is -2.16. The topological polar surface area (TPSA) is 38.0 Å². The number of thiophene rings is 1. The minimum atomic E-state index is -4.34. The summed E-state index contributed by atoms with van der Waals surface area (Å²) in [5.41, 5.74) is 2.50. The summed E-state index contributed by atoms with van der Waals surface area (Å²) in [7, 11) is 0. The Morgan fingerprint density at radius 2 is 1.79 bits per heavy atom. The number of nitrogens with two attached hydrogens (primary N) is 1. The first-order valence-corrected chi connectivity index (χ1v) is 6.55. The summed E-state index contributed by atoms with van der Waals surface area (Å²) in [5.74, 6) is 5.46. The molecule has 2 nitrogen and oxygen atoms in total. The fourth-order valence-electron chi connectivity index (χ4n) is 1.70. The average Bonchev–Trinajstić information content (AvgIpc) is 2.76. The predicted octanol–water partition coefficient (Wildman–Crippen LogP) is 3.97. The number of hydrazine groups is 1. The van der Waals surface area contributed by atoms with Crippen molar-refractivity contribution in [1.29, 1.82) is 0 Å². The fraction of sp³-hybridized carbons (Fsp3) is 0.167. The van der Waals surface area contributed by atoms with E-state index in [4.69, 9.17) is 17.4 Å². The number of benzene rings is 1. The zero-order chi connectivity index (χ0) is 14.0. The van der Waals surface area contributed by atoms with Crippen LogP contribution in [0.4, 0.5) is 13.2 Å². The molecule has 0 radical (unpaired) electrons. The third kappa shape index (κ3) is 3.09. The Labute approximate surface area is 117 Å². The Morgan fingerprint density at radius 3 is 2.21 bits per heavy atom. The van der Waals surface area contributed by atoms with Crippen LogP contribution in [0, 0.1) is 0 Å². The summed E-state index contributed by atoms with van der Waals surface area (Å²) in [6.07, 6.45) is -4.34. The van der Waals surface area contributed by atoms with Crippen LogP contribution in [0.1, 0.15) is 22.0 Å². The molecule has 102 valence electrons. The number of halogens is 4. The number of rotatable bonds is 3. The van der Waals surface area contributed by atoms with Crippen molar-refractivity contribution in [3.05, 3.63) is 56.7 Å². The van der Waals surface area contributed by atoms with E-state index < -0.39 is 17.8 Å². The molecule has 3 N–H and O–H groups in total. The maximum atomic E-state index is 12.5. The molecule has 0 aliphatic heterocycles. The van der Waals surface area contributed by atoms with E-state index >= 15 is 0 Å². The van der Waals surface area contributed by atoms with Crippen LogP contribution in [-0.2, 0) is 6.18 Å². The molecule has 0 aliphatic rings. The van der Waals surface area contributed by atoms with Gasteiger partial charge >= 0.3 is 6.18 Å². The Balaban J connectivity index is 2.33. The molecule has 0 saturated carbocycles. The van der Waals surface area contributed by atoms with Crippen molar-refractivity contribution >= 4 is 22.9 Å². The number of hydrogen-bond donors (Lipinski definition) is 2. The first-order valence-electron chi connectivity index (χ1n) is 5.29. The van der Waals surface area contributed by atoms with E-state index in [2.05, 4.69) is 5.43 Å². The van der Waals surface area contributed by atoms with Crippen LogP contribution in [0.2, 0.25) is 5.02 Å². The number of hydrogen-bond acceptors (Lipinski definition) is 3. The molecule has 19 heavy (non-hydrogen) atoms.